The lowest BCUT2D eigenvalue weighted by molar-refractivity contribution is -0.385. The SMILES string of the molecule is COC(=O)[C@@H]1Cc2c(ncn2C)CN1C(=O)c1cc(OC)c(OC)cc1[N+](=O)[O-]. The Morgan fingerprint density at radius 2 is 1.86 bits per heavy atom. The van der Waals surface area contributed by atoms with Crippen molar-refractivity contribution in [3.63, 3.8) is 0 Å². The van der Waals surface area contributed by atoms with Crippen LogP contribution in [-0.2, 0) is 29.5 Å². The van der Waals surface area contributed by atoms with Crippen LogP contribution in [0.15, 0.2) is 18.5 Å². The Morgan fingerprint density at radius 3 is 2.45 bits per heavy atom. The second-order valence-corrected chi connectivity index (χ2v) is 6.41. The number of rotatable bonds is 5. The molecule has 1 aliphatic rings. The highest BCUT2D eigenvalue weighted by Gasteiger charge is 2.40. The number of nitrogens with zero attached hydrogens (tertiary/aromatic N) is 4. The molecule has 0 unspecified atom stereocenters. The minimum atomic E-state index is -0.942. The quantitative estimate of drug-likeness (QED) is 0.412. The molecule has 0 fully saturated rings. The third-order valence-electron chi connectivity index (χ3n) is 4.89. The summed E-state index contributed by atoms with van der Waals surface area (Å²) in [4.78, 5) is 42.1. The van der Waals surface area contributed by atoms with Gasteiger partial charge in [0.1, 0.15) is 11.6 Å². The number of nitro benzene ring substituents is 1. The van der Waals surface area contributed by atoms with Crippen molar-refractivity contribution in [1.29, 1.82) is 0 Å². The molecule has 0 N–H and O–H groups in total. The molecule has 29 heavy (non-hydrogen) atoms. The fourth-order valence-electron chi connectivity index (χ4n) is 3.37. The number of imidazole rings is 1. The van der Waals surface area contributed by atoms with Crippen molar-refractivity contribution in [2.75, 3.05) is 21.3 Å². The summed E-state index contributed by atoms with van der Waals surface area (Å²) in [5, 5.41) is 11.6. The van der Waals surface area contributed by atoms with E-state index in [1.54, 1.807) is 17.9 Å². The number of carbonyl (C=O) groups excluding carboxylic acids is 2. The second-order valence-electron chi connectivity index (χ2n) is 6.41. The molecule has 2 aromatic rings. The number of nitro groups is 1. The number of benzene rings is 1. The fraction of sp³-hybridized carbons (Fsp3) is 0.389. The van der Waals surface area contributed by atoms with Crippen molar-refractivity contribution in [3.05, 3.63) is 45.5 Å². The fourth-order valence-corrected chi connectivity index (χ4v) is 3.37. The van der Waals surface area contributed by atoms with Crippen LogP contribution in [0.2, 0.25) is 0 Å². The molecule has 154 valence electrons. The number of carbonyl (C=O) groups is 2. The van der Waals surface area contributed by atoms with Crippen LogP contribution in [0.4, 0.5) is 5.69 Å². The minimum absolute atomic E-state index is 0.0142. The van der Waals surface area contributed by atoms with E-state index in [0.29, 0.717) is 5.69 Å². The van der Waals surface area contributed by atoms with E-state index in [1.165, 1.54) is 32.3 Å². The summed E-state index contributed by atoms with van der Waals surface area (Å²) in [7, 11) is 5.71. The molecule has 0 saturated heterocycles. The van der Waals surface area contributed by atoms with Gasteiger partial charge in [-0.2, -0.15) is 0 Å². The van der Waals surface area contributed by atoms with Gasteiger partial charge in [0.05, 0.1) is 50.9 Å². The topological polar surface area (TPSA) is 126 Å². The molecule has 0 radical (unpaired) electrons. The smallest absolute Gasteiger partial charge is 0.329 e. The van der Waals surface area contributed by atoms with Crippen molar-refractivity contribution in [2.24, 2.45) is 7.05 Å². The number of fused-ring (bicyclic) bond motifs is 1. The number of amides is 1. The van der Waals surface area contributed by atoms with Crippen molar-refractivity contribution >= 4 is 17.6 Å². The first-order chi connectivity index (χ1) is 13.8. The molecule has 0 spiro atoms. The van der Waals surface area contributed by atoms with Gasteiger partial charge in [-0.3, -0.25) is 14.9 Å². The zero-order valence-corrected chi connectivity index (χ0v) is 16.4. The van der Waals surface area contributed by atoms with E-state index in [1.807, 2.05) is 0 Å². The lowest BCUT2D eigenvalue weighted by Gasteiger charge is -2.33. The summed E-state index contributed by atoms with van der Waals surface area (Å²) in [5.74, 6) is -1.05. The Labute approximate surface area is 165 Å². The van der Waals surface area contributed by atoms with Gasteiger partial charge in [-0.25, -0.2) is 9.78 Å². The highest BCUT2D eigenvalue weighted by Crippen LogP contribution is 2.36. The van der Waals surface area contributed by atoms with Crippen LogP contribution in [0.25, 0.3) is 0 Å². The van der Waals surface area contributed by atoms with Gasteiger partial charge in [0.2, 0.25) is 0 Å². The number of ether oxygens (including phenoxy) is 3. The van der Waals surface area contributed by atoms with E-state index in [4.69, 9.17) is 14.2 Å². The highest BCUT2D eigenvalue weighted by atomic mass is 16.6. The maximum atomic E-state index is 13.3. The zero-order chi connectivity index (χ0) is 21.3. The number of hydrogen-bond donors (Lipinski definition) is 0. The molecule has 0 saturated carbocycles. The third-order valence-corrected chi connectivity index (χ3v) is 4.89. The number of hydrogen-bond acceptors (Lipinski definition) is 8. The first kappa shape index (κ1) is 20.1. The van der Waals surface area contributed by atoms with Crippen molar-refractivity contribution in [3.8, 4) is 11.5 Å². The van der Waals surface area contributed by atoms with Gasteiger partial charge in [0.25, 0.3) is 11.6 Å². The molecule has 11 nitrogen and oxygen atoms in total. The maximum Gasteiger partial charge on any atom is 0.329 e. The lowest BCUT2D eigenvalue weighted by Crippen LogP contribution is -2.49. The van der Waals surface area contributed by atoms with Gasteiger partial charge in [-0.1, -0.05) is 0 Å². The van der Waals surface area contributed by atoms with E-state index in [-0.39, 0.29) is 30.0 Å². The van der Waals surface area contributed by atoms with Crippen molar-refractivity contribution in [1.82, 2.24) is 14.5 Å². The Hall–Kier alpha value is -3.63. The predicted molar refractivity (Wildman–Crippen MR) is 98.8 cm³/mol. The van der Waals surface area contributed by atoms with Gasteiger partial charge in [0.15, 0.2) is 11.5 Å². The molecule has 0 aliphatic carbocycles. The molecule has 1 aromatic carbocycles. The molecular formula is C18H20N4O7. The first-order valence-corrected chi connectivity index (χ1v) is 8.60. The van der Waals surface area contributed by atoms with Gasteiger partial charge in [-0.15, -0.1) is 0 Å². The molecule has 3 rings (SSSR count). The number of aromatic nitrogens is 2. The summed E-state index contributed by atoms with van der Waals surface area (Å²) in [6.07, 6.45) is 1.77. The molecule has 0 bridgehead atoms. The van der Waals surface area contributed by atoms with Crippen molar-refractivity contribution in [2.45, 2.75) is 19.0 Å². The third kappa shape index (κ3) is 3.46. The van der Waals surface area contributed by atoms with Crippen molar-refractivity contribution < 1.29 is 28.7 Å². The molecule has 1 amide bonds. The Kier molecular flexibility index (Phi) is 5.39. The van der Waals surface area contributed by atoms with E-state index in [0.717, 1.165) is 11.8 Å². The van der Waals surface area contributed by atoms with E-state index in [9.17, 15) is 19.7 Å². The molecule has 1 aliphatic heterocycles. The molecule has 1 aromatic heterocycles. The van der Waals surface area contributed by atoms with Crippen LogP contribution >= 0.6 is 0 Å². The molecule has 2 heterocycles. The van der Waals surface area contributed by atoms with E-state index < -0.39 is 28.5 Å². The average Bonchev–Trinajstić information content (AvgIpc) is 3.10. The average molecular weight is 404 g/mol. The standard InChI is InChI=1S/C18H20N4O7/c1-20-9-19-11-8-21(14(6-13(11)20)18(24)29-4)17(23)10-5-15(27-2)16(28-3)7-12(10)22(25)26/h5,7,9,14H,6,8H2,1-4H3/t14-/m0/s1. The number of esters is 1. The lowest BCUT2D eigenvalue weighted by atomic mass is 10.00. The van der Waals surface area contributed by atoms with Crippen LogP contribution in [0.1, 0.15) is 21.7 Å². The van der Waals surface area contributed by atoms with Gasteiger partial charge in [0, 0.05) is 25.2 Å². The van der Waals surface area contributed by atoms with Crippen LogP contribution in [0, 0.1) is 10.1 Å². The van der Waals surface area contributed by atoms with Crippen LogP contribution in [0.3, 0.4) is 0 Å². The summed E-state index contributed by atoms with van der Waals surface area (Å²) in [5.41, 5.74) is 0.736. The minimum Gasteiger partial charge on any atom is -0.493 e. The normalized spacial score (nSPS) is 15.4. The van der Waals surface area contributed by atoms with Gasteiger partial charge < -0.3 is 23.7 Å². The molecular weight excluding hydrogens is 384 g/mol. The van der Waals surface area contributed by atoms with Crippen LogP contribution in [-0.4, -0.2) is 58.6 Å². The monoisotopic (exact) mass is 404 g/mol. The Bertz CT molecular complexity index is 985. The number of aryl methyl sites for hydroxylation is 1. The zero-order valence-electron chi connectivity index (χ0n) is 16.4. The highest BCUT2D eigenvalue weighted by molar-refractivity contribution is 6.01. The Morgan fingerprint density at radius 1 is 1.21 bits per heavy atom. The number of methoxy groups -OCH3 is 3. The second kappa shape index (κ2) is 7.78. The van der Waals surface area contributed by atoms with E-state index >= 15 is 0 Å². The van der Waals surface area contributed by atoms with Gasteiger partial charge >= 0.3 is 5.97 Å². The van der Waals surface area contributed by atoms with Crippen LogP contribution < -0.4 is 9.47 Å². The molecule has 11 heteroatoms. The summed E-state index contributed by atoms with van der Waals surface area (Å²) < 4.78 is 16.9. The Balaban J connectivity index is 2.10. The van der Waals surface area contributed by atoms with E-state index in [2.05, 4.69) is 4.98 Å². The maximum absolute atomic E-state index is 13.3. The largest absolute Gasteiger partial charge is 0.493 e. The summed E-state index contributed by atoms with van der Waals surface area (Å²) >= 11 is 0. The summed E-state index contributed by atoms with van der Waals surface area (Å²) in [6, 6.07) is 1.42. The van der Waals surface area contributed by atoms with Gasteiger partial charge in [-0.05, 0) is 0 Å². The molecule has 1 atom stereocenters. The summed E-state index contributed by atoms with van der Waals surface area (Å²) in [6.45, 7) is 0.0142. The predicted octanol–water partition coefficient (Wildman–Crippen LogP) is 1.09. The van der Waals surface area contributed by atoms with Crippen LogP contribution in [0.5, 0.6) is 11.5 Å². The first-order valence-electron chi connectivity index (χ1n) is 8.60.